The second-order valence-corrected chi connectivity index (χ2v) is 7.41. The molecule has 0 aliphatic rings. The Morgan fingerprint density at radius 1 is 1.10 bits per heavy atom. The van der Waals surface area contributed by atoms with Crippen LogP contribution in [-0.2, 0) is 11.3 Å². The van der Waals surface area contributed by atoms with E-state index in [2.05, 4.69) is 10.4 Å². The normalized spacial score (nSPS) is 10.6. The summed E-state index contributed by atoms with van der Waals surface area (Å²) >= 11 is 12.4. The molecule has 0 aliphatic carbocycles. The second kappa shape index (κ2) is 9.11. The quantitative estimate of drug-likeness (QED) is 0.635. The molecule has 0 spiro atoms. The summed E-state index contributed by atoms with van der Waals surface area (Å²) in [4.78, 5) is 26.5. The van der Waals surface area contributed by atoms with Gasteiger partial charge in [-0.1, -0.05) is 59.6 Å². The Morgan fingerprint density at radius 3 is 2.52 bits per heavy atom. The molecule has 1 N–H and O–H groups in total. The molecule has 0 unspecified atom stereocenters. The SMILES string of the molecule is Cc1nn(Cc2ccccc2)c(Cl)c1C(=O)N(C)CC(=O)Nc1cccc(Cl)c1. The van der Waals surface area contributed by atoms with Gasteiger partial charge in [0.15, 0.2) is 0 Å². The van der Waals surface area contributed by atoms with E-state index >= 15 is 0 Å². The number of benzene rings is 2. The third-order valence-corrected chi connectivity index (χ3v) is 4.91. The van der Waals surface area contributed by atoms with Crippen LogP contribution in [0.25, 0.3) is 0 Å². The van der Waals surface area contributed by atoms with Crippen LogP contribution in [0.2, 0.25) is 10.2 Å². The van der Waals surface area contributed by atoms with E-state index < -0.39 is 0 Å². The first kappa shape index (κ1) is 20.9. The van der Waals surface area contributed by atoms with Gasteiger partial charge in [-0.05, 0) is 30.7 Å². The lowest BCUT2D eigenvalue weighted by Gasteiger charge is -2.17. The largest absolute Gasteiger partial charge is 0.332 e. The summed E-state index contributed by atoms with van der Waals surface area (Å²) in [5, 5.41) is 7.87. The van der Waals surface area contributed by atoms with Crippen LogP contribution in [0.5, 0.6) is 0 Å². The second-order valence-electron chi connectivity index (χ2n) is 6.61. The average molecular weight is 431 g/mol. The van der Waals surface area contributed by atoms with Gasteiger partial charge >= 0.3 is 0 Å². The number of rotatable bonds is 6. The van der Waals surface area contributed by atoms with Gasteiger partial charge in [0, 0.05) is 17.8 Å². The number of aryl methyl sites for hydroxylation is 1. The molecule has 2 aromatic carbocycles. The van der Waals surface area contributed by atoms with E-state index in [4.69, 9.17) is 23.2 Å². The number of nitrogens with one attached hydrogen (secondary N) is 1. The molecular weight excluding hydrogens is 411 g/mol. The summed E-state index contributed by atoms with van der Waals surface area (Å²) in [5.41, 5.74) is 2.39. The molecule has 8 heteroatoms. The summed E-state index contributed by atoms with van der Waals surface area (Å²) in [6, 6.07) is 16.5. The maximum atomic E-state index is 12.9. The number of nitrogens with zero attached hydrogens (tertiary/aromatic N) is 3. The average Bonchev–Trinajstić information content (AvgIpc) is 2.95. The molecule has 0 radical (unpaired) electrons. The Bertz CT molecular complexity index is 1030. The van der Waals surface area contributed by atoms with Gasteiger partial charge < -0.3 is 10.2 Å². The van der Waals surface area contributed by atoms with E-state index in [1.165, 1.54) is 4.90 Å². The minimum atomic E-state index is -0.368. The highest BCUT2D eigenvalue weighted by Gasteiger charge is 2.24. The highest BCUT2D eigenvalue weighted by molar-refractivity contribution is 6.33. The van der Waals surface area contributed by atoms with Gasteiger partial charge in [-0.25, -0.2) is 4.68 Å². The molecule has 6 nitrogen and oxygen atoms in total. The van der Waals surface area contributed by atoms with Crippen LogP contribution in [0.15, 0.2) is 54.6 Å². The predicted molar refractivity (Wildman–Crippen MR) is 115 cm³/mol. The van der Waals surface area contributed by atoms with Crippen molar-refractivity contribution in [1.29, 1.82) is 0 Å². The topological polar surface area (TPSA) is 67.2 Å². The maximum absolute atomic E-state index is 12.9. The fourth-order valence-electron chi connectivity index (χ4n) is 2.90. The van der Waals surface area contributed by atoms with E-state index in [-0.39, 0.29) is 23.5 Å². The summed E-state index contributed by atoms with van der Waals surface area (Å²) in [6.45, 7) is 2.04. The minimum Gasteiger partial charge on any atom is -0.332 e. The lowest BCUT2D eigenvalue weighted by Crippen LogP contribution is -2.35. The van der Waals surface area contributed by atoms with Crippen LogP contribution in [-0.4, -0.2) is 40.1 Å². The fourth-order valence-corrected chi connectivity index (χ4v) is 3.41. The van der Waals surface area contributed by atoms with Crippen molar-refractivity contribution in [3.8, 4) is 0 Å². The van der Waals surface area contributed by atoms with Crippen LogP contribution < -0.4 is 5.32 Å². The number of carbonyl (C=O) groups is 2. The molecule has 0 saturated carbocycles. The first-order chi connectivity index (χ1) is 13.8. The Kier molecular flexibility index (Phi) is 6.56. The molecule has 0 bridgehead atoms. The van der Waals surface area contributed by atoms with Crippen LogP contribution >= 0.6 is 23.2 Å². The lowest BCUT2D eigenvalue weighted by molar-refractivity contribution is -0.116. The Balaban J connectivity index is 1.70. The molecule has 0 saturated heterocycles. The van der Waals surface area contributed by atoms with E-state index in [0.717, 1.165) is 5.56 Å². The molecule has 3 aromatic rings. The lowest BCUT2D eigenvalue weighted by atomic mass is 10.2. The molecule has 0 fully saturated rings. The van der Waals surface area contributed by atoms with Gasteiger partial charge in [-0.3, -0.25) is 9.59 Å². The standard InChI is InChI=1S/C21H20Cl2N4O2/c1-14-19(20(23)27(25-14)12-15-7-4-3-5-8-15)21(29)26(2)13-18(28)24-17-10-6-9-16(22)11-17/h3-11H,12-13H2,1-2H3,(H,24,28). The molecule has 150 valence electrons. The van der Waals surface area contributed by atoms with Crippen LogP contribution in [0.1, 0.15) is 21.6 Å². The zero-order valence-electron chi connectivity index (χ0n) is 16.0. The summed E-state index contributed by atoms with van der Waals surface area (Å²) in [6.07, 6.45) is 0. The van der Waals surface area contributed by atoms with E-state index in [1.807, 2.05) is 30.3 Å². The smallest absolute Gasteiger partial charge is 0.259 e. The van der Waals surface area contributed by atoms with Crippen LogP contribution in [0.3, 0.4) is 0 Å². The number of carbonyl (C=O) groups excluding carboxylic acids is 2. The van der Waals surface area contributed by atoms with Crippen LogP contribution in [0.4, 0.5) is 5.69 Å². The molecule has 3 rings (SSSR count). The number of likely N-dealkylation sites (N-methyl/N-ethyl adjacent to an activating group) is 1. The van der Waals surface area contributed by atoms with Gasteiger partial charge in [0.1, 0.15) is 5.15 Å². The van der Waals surface area contributed by atoms with Crippen LogP contribution in [0, 0.1) is 6.92 Å². The third kappa shape index (κ3) is 5.16. The predicted octanol–water partition coefficient (Wildman–Crippen LogP) is 4.26. The zero-order valence-corrected chi connectivity index (χ0v) is 17.5. The van der Waals surface area contributed by atoms with Gasteiger partial charge in [-0.15, -0.1) is 0 Å². The number of halogens is 2. The van der Waals surface area contributed by atoms with Crippen molar-refractivity contribution in [1.82, 2.24) is 14.7 Å². The summed E-state index contributed by atoms with van der Waals surface area (Å²) in [7, 11) is 1.55. The fraction of sp³-hybridized carbons (Fsp3) is 0.190. The van der Waals surface area contributed by atoms with Crippen molar-refractivity contribution in [2.45, 2.75) is 13.5 Å². The number of aromatic nitrogens is 2. The highest BCUT2D eigenvalue weighted by atomic mass is 35.5. The number of hydrogen-bond donors (Lipinski definition) is 1. The zero-order chi connectivity index (χ0) is 21.0. The highest BCUT2D eigenvalue weighted by Crippen LogP contribution is 2.22. The van der Waals surface area contributed by atoms with Crippen molar-refractivity contribution in [3.05, 3.63) is 81.6 Å². The van der Waals surface area contributed by atoms with Crippen molar-refractivity contribution in [2.24, 2.45) is 0 Å². The first-order valence-electron chi connectivity index (χ1n) is 8.93. The molecule has 1 heterocycles. The van der Waals surface area contributed by atoms with Crippen molar-refractivity contribution in [3.63, 3.8) is 0 Å². The van der Waals surface area contributed by atoms with Gasteiger partial charge in [0.05, 0.1) is 24.3 Å². The molecule has 2 amide bonds. The van der Waals surface area contributed by atoms with E-state index in [9.17, 15) is 9.59 Å². The maximum Gasteiger partial charge on any atom is 0.259 e. The van der Waals surface area contributed by atoms with E-state index in [1.54, 1.807) is 42.9 Å². The van der Waals surface area contributed by atoms with Crippen molar-refractivity contribution >= 4 is 40.7 Å². The molecule has 0 aliphatic heterocycles. The Morgan fingerprint density at radius 2 is 1.83 bits per heavy atom. The summed E-state index contributed by atoms with van der Waals surface area (Å²) in [5.74, 6) is -0.707. The van der Waals surface area contributed by atoms with Crippen molar-refractivity contribution < 1.29 is 9.59 Å². The Hall–Kier alpha value is -2.83. The number of amides is 2. The minimum absolute atomic E-state index is 0.134. The third-order valence-electron chi connectivity index (χ3n) is 4.29. The first-order valence-corrected chi connectivity index (χ1v) is 9.68. The number of anilines is 1. The number of hydrogen-bond acceptors (Lipinski definition) is 3. The molecular formula is C21H20Cl2N4O2. The van der Waals surface area contributed by atoms with E-state index in [0.29, 0.717) is 28.5 Å². The monoisotopic (exact) mass is 430 g/mol. The molecule has 0 atom stereocenters. The van der Waals surface area contributed by atoms with Crippen molar-refractivity contribution in [2.75, 3.05) is 18.9 Å². The van der Waals surface area contributed by atoms with Gasteiger partial charge in [0.25, 0.3) is 5.91 Å². The Labute approximate surface area is 179 Å². The van der Waals surface area contributed by atoms with Gasteiger partial charge in [-0.2, -0.15) is 5.10 Å². The summed E-state index contributed by atoms with van der Waals surface area (Å²) < 4.78 is 1.58. The molecule has 29 heavy (non-hydrogen) atoms. The van der Waals surface area contributed by atoms with Gasteiger partial charge in [0.2, 0.25) is 5.91 Å². The molecule has 1 aromatic heterocycles.